The van der Waals surface area contributed by atoms with Crippen LogP contribution in [0.4, 0.5) is 4.39 Å². The van der Waals surface area contributed by atoms with Crippen molar-refractivity contribution in [3.8, 4) is 11.3 Å². The highest BCUT2D eigenvalue weighted by Gasteiger charge is 2.42. The van der Waals surface area contributed by atoms with Crippen molar-refractivity contribution in [2.24, 2.45) is 0 Å². The molecule has 3 atom stereocenters. The Morgan fingerprint density at radius 3 is 2.87 bits per heavy atom. The van der Waals surface area contributed by atoms with Crippen LogP contribution in [0.3, 0.4) is 0 Å². The van der Waals surface area contributed by atoms with Gasteiger partial charge in [0.2, 0.25) is 0 Å². The normalized spacial score (nSPS) is 23.4. The third kappa shape index (κ3) is 4.12. The maximum absolute atomic E-state index is 14.5. The fourth-order valence-corrected chi connectivity index (χ4v) is 4.91. The molecular weight excluding hydrogens is 481 g/mol. The van der Waals surface area contributed by atoms with Gasteiger partial charge in [-0.15, -0.1) is 0 Å². The van der Waals surface area contributed by atoms with Crippen molar-refractivity contribution in [3.63, 3.8) is 0 Å². The zero-order valence-electron chi connectivity index (χ0n) is 16.6. The van der Waals surface area contributed by atoms with E-state index >= 15 is 0 Å². The summed E-state index contributed by atoms with van der Waals surface area (Å²) >= 11 is 8.99. The zero-order valence-corrected chi connectivity index (χ0v) is 19.0. The average Bonchev–Trinajstić information content (AvgIpc) is 3.51. The summed E-state index contributed by atoms with van der Waals surface area (Å²) in [6.45, 7) is 1.45. The van der Waals surface area contributed by atoms with Crippen LogP contribution in [0.25, 0.3) is 11.3 Å². The van der Waals surface area contributed by atoms with Gasteiger partial charge < -0.3 is 19.4 Å². The number of ether oxygens (including phenoxy) is 1. The average molecular weight is 502 g/mol. The molecule has 2 aliphatic heterocycles. The first kappa shape index (κ1) is 20.6. The van der Waals surface area contributed by atoms with Crippen molar-refractivity contribution in [3.05, 3.63) is 76.5 Å². The number of hydrogen-bond acceptors (Lipinski definition) is 4. The van der Waals surface area contributed by atoms with Crippen molar-refractivity contribution < 1.29 is 13.5 Å². The van der Waals surface area contributed by atoms with Gasteiger partial charge in [-0.2, -0.15) is 0 Å². The lowest BCUT2D eigenvalue weighted by Gasteiger charge is -2.28. The van der Waals surface area contributed by atoms with Crippen LogP contribution in [0, 0.1) is 5.82 Å². The van der Waals surface area contributed by atoms with Gasteiger partial charge in [-0.25, -0.2) is 4.39 Å². The second-order valence-corrected chi connectivity index (χ2v) is 9.04. The minimum Gasteiger partial charge on any atom is -0.459 e. The molecule has 1 N–H and O–H groups in total. The second-order valence-electron chi connectivity index (χ2n) is 7.74. The number of nitrogens with zero attached hydrogens (tertiary/aromatic N) is 2. The highest BCUT2D eigenvalue weighted by atomic mass is 79.9. The molecule has 1 aromatic carbocycles. The van der Waals surface area contributed by atoms with Crippen molar-refractivity contribution in [1.82, 2.24) is 15.2 Å². The quantitative estimate of drug-likeness (QED) is 0.472. The summed E-state index contributed by atoms with van der Waals surface area (Å²) in [6, 6.07) is 14.1. The molecule has 0 spiro atoms. The Balaban J connectivity index is 1.51. The molecule has 5 nitrogen and oxygen atoms in total. The third-order valence-corrected chi connectivity index (χ3v) is 6.58. The van der Waals surface area contributed by atoms with E-state index in [1.54, 1.807) is 18.3 Å². The highest BCUT2D eigenvalue weighted by molar-refractivity contribution is 9.10. The molecule has 4 heterocycles. The fraction of sp³-hybridized carbons (Fsp3) is 0.304. The van der Waals surface area contributed by atoms with Gasteiger partial charge in [0.25, 0.3) is 0 Å². The van der Waals surface area contributed by atoms with Gasteiger partial charge in [-0.05, 0) is 67.5 Å². The van der Waals surface area contributed by atoms with Crippen LogP contribution in [-0.2, 0) is 4.74 Å². The first-order valence-corrected chi connectivity index (χ1v) is 11.4. The summed E-state index contributed by atoms with van der Waals surface area (Å²) in [5.41, 5.74) is 1.29. The van der Waals surface area contributed by atoms with Crippen molar-refractivity contribution in [2.45, 2.75) is 31.0 Å². The summed E-state index contributed by atoms with van der Waals surface area (Å²) in [6.07, 6.45) is 3.96. The van der Waals surface area contributed by atoms with Crippen molar-refractivity contribution in [1.29, 1.82) is 0 Å². The molecular formula is C23H21BrFN3O2S. The number of halogens is 2. The second kappa shape index (κ2) is 8.68. The van der Waals surface area contributed by atoms with Crippen LogP contribution < -0.4 is 5.32 Å². The fourth-order valence-electron chi connectivity index (χ4n) is 4.26. The van der Waals surface area contributed by atoms with Gasteiger partial charge in [-0.3, -0.25) is 4.98 Å². The van der Waals surface area contributed by atoms with Crippen LogP contribution in [0.15, 0.2) is 63.6 Å². The number of furan rings is 1. The van der Waals surface area contributed by atoms with E-state index in [0.717, 1.165) is 25.1 Å². The van der Waals surface area contributed by atoms with Crippen LogP contribution in [0.1, 0.15) is 36.4 Å². The Morgan fingerprint density at radius 2 is 2.13 bits per heavy atom. The predicted molar refractivity (Wildman–Crippen MR) is 123 cm³/mol. The monoisotopic (exact) mass is 501 g/mol. The Morgan fingerprint density at radius 1 is 1.23 bits per heavy atom. The minimum atomic E-state index is -0.340. The number of benzene rings is 1. The Bertz CT molecular complexity index is 1090. The van der Waals surface area contributed by atoms with Crippen LogP contribution in [-0.4, -0.2) is 34.3 Å². The molecule has 2 fully saturated rings. The lowest BCUT2D eigenvalue weighted by atomic mass is 10.0. The maximum atomic E-state index is 14.5. The van der Waals surface area contributed by atoms with Gasteiger partial charge in [-0.1, -0.05) is 22.0 Å². The molecule has 2 saturated heterocycles. The highest BCUT2D eigenvalue weighted by Crippen LogP contribution is 2.41. The molecule has 31 heavy (non-hydrogen) atoms. The lowest BCUT2D eigenvalue weighted by molar-refractivity contribution is 0.0818. The Kier molecular flexibility index (Phi) is 5.77. The molecule has 3 aromatic rings. The van der Waals surface area contributed by atoms with Gasteiger partial charge >= 0.3 is 0 Å². The van der Waals surface area contributed by atoms with Crippen molar-refractivity contribution >= 4 is 33.3 Å². The lowest BCUT2D eigenvalue weighted by Crippen LogP contribution is -2.36. The number of rotatable bonds is 5. The van der Waals surface area contributed by atoms with Gasteiger partial charge in [0.15, 0.2) is 5.11 Å². The van der Waals surface area contributed by atoms with E-state index in [2.05, 4.69) is 31.1 Å². The molecule has 5 rings (SSSR count). The van der Waals surface area contributed by atoms with E-state index in [-0.39, 0.29) is 24.0 Å². The molecule has 0 unspecified atom stereocenters. The summed E-state index contributed by atoms with van der Waals surface area (Å²) in [5, 5.41) is 4.05. The van der Waals surface area contributed by atoms with E-state index in [4.69, 9.17) is 21.4 Å². The topological polar surface area (TPSA) is 50.5 Å². The molecule has 0 amide bonds. The third-order valence-electron chi connectivity index (χ3n) is 5.74. The molecule has 0 aliphatic carbocycles. The zero-order chi connectivity index (χ0) is 21.4. The largest absolute Gasteiger partial charge is 0.459 e. The summed E-state index contributed by atoms with van der Waals surface area (Å²) in [4.78, 5) is 6.66. The number of pyridine rings is 1. The number of aromatic nitrogens is 1. The smallest absolute Gasteiger partial charge is 0.170 e. The van der Waals surface area contributed by atoms with Gasteiger partial charge in [0.05, 0.1) is 23.4 Å². The first-order chi connectivity index (χ1) is 15.1. The number of nitrogens with one attached hydrogen (secondary N) is 1. The van der Waals surface area contributed by atoms with E-state index in [0.29, 0.717) is 33.2 Å². The summed E-state index contributed by atoms with van der Waals surface area (Å²) in [7, 11) is 0. The van der Waals surface area contributed by atoms with Crippen LogP contribution >= 0.6 is 28.1 Å². The minimum absolute atomic E-state index is 0.128. The van der Waals surface area contributed by atoms with E-state index in [1.807, 2.05) is 30.3 Å². The van der Waals surface area contributed by atoms with E-state index < -0.39 is 0 Å². The summed E-state index contributed by atoms with van der Waals surface area (Å²) in [5.74, 6) is 0.848. The van der Waals surface area contributed by atoms with Crippen molar-refractivity contribution in [2.75, 3.05) is 13.2 Å². The molecule has 8 heteroatoms. The van der Waals surface area contributed by atoms with E-state index in [1.165, 1.54) is 6.07 Å². The molecule has 0 bridgehead atoms. The maximum Gasteiger partial charge on any atom is 0.170 e. The Labute approximate surface area is 193 Å². The van der Waals surface area contributed by atoms with Gasteiger partial charge in [0.1, 0.15) is 23.4 Å². The molecule has 160 valence electrons. The van der Waals surface area contributed by atoms with Gasteiger partial charge in [0, 0.05) is 23.8 Å². The van der Waals surface area contributed by atoms with Crippen LogP contribution in [0.2, 0.25) is 0 Å². The molecule has 2 aliphatic rings. The molecule has 0 saturated carbocycles. The number of hydrogen-bond donors (Lipinski definition) is 1. The molecule has 2 aromatic heterocycles. The predicted octanol–water partition coefficient (Wildman–Crippen LogP) is 5.39. The Hall–Kier alpha value is -2.29. The SMILES string of the molecule is Fc1cc(Br)ccc1-c1ccc([C@@H]2[C@H](c3ccccn3)NC(=S)N2C[C@H]2CCCO2)o1. The summed E-state index contributed by atoms with van der Waals surface area (Å²) < 4.78 is 27.3. The standard InChI is InChI=1S/C23H21BrFN3O2S/c24-14-6-7-16(17(25)12-14)19-8-9-20(30-19)22-21(18-5-1-2-10-26-18)27-23(31)28(22)13-15-4-3-11-29-15/h1-2,5-10,12,15,21-22H,3-4,11,13H2,(H,27,31)/t15-,21+,22-/m1/s1. The van der Waals surface area contributed by atoms with E-state index in [9.17, 15) is 4.39 Å². The number of thiocarbonyl (C=S) groups is 1. The first-order valence-electron chi connectivity index (χ1n) is 10.2. The van der Waals surface area contributed by atoms with Crippen LogP contribution in [0.5, 0.6) is 0 Å². The molecule has 0 radical (unpaired) electrons.